The minimum Gasteiger partial charge on any atom is -0.267 e. The van der Waals surface area contributed by atoms with Crippen LogP contribution in [0.5, 0.6) is 0 Å². The lowest BCUT2D eigenvalue weighted by atomic mass is 10.2. The summed E-state index contributed by atoms with van der Waals surface area (Å²) in [6.07, 6.45) is 0. The zero-order chi connectivity index (χ0) is 10.8. The average Bonchev–Trinajstić information content (AvgIpc) is 2.23. The first-order chi connectivity index (χ1) is 7.16. The van der Waals surface area contributed by atoms with E-state index in [9.17, 15) is 4.79 Å². The summed E-state index contributed by atoms with van der Waals surface area (Å²) in [5, 5.41) is 4.16. The lowest BCUT2D eigenvalue weighted by Gasteiger charge is -2.04. The van der Waals surface area contributed by atoms with Crippen molar-refractivity contribution in [2.75, 3.05) is 0 Å². The zero-order valence-electron chi connectivity index (χ0n) is 8.69. The molecule has 0 bridgehead atoms. The van der Waals surface area contributed by atoms with Crippen molar-refractivity contribution in [2.45, 2.75) is 13.8 Å². The smallest absolute Gasteiger partial charge is 0.267 e. The number of hydrogen-bond acceptors (Lipinski definition) is 2. The van der Waals surface area contributed by atoms with Gasteiger partial charge in [-0.2, -0.15) is 9.78 Å². The van der Waals surface area contributed by atoms with Crippen LogP contribution >= 0.6 is 0 Å². The maximum Gasteiger partial charge on any atom is 0.271 e. The van der Waals surface area contributed by atoms with E-state index in [2.05, 4.69) is 11.2 Å². The molecule has 1 aromatic heterocycles. The molecule has 1 heterocycles. The van der Waals surface area contributed by atoms with Crippen LogP contribution < -0.4 is 5.56 Å². The largest absolute Gasteiger partial charge is 0.271 e. The minimum absolute atomic E-state index is 0.127. The third kappa shape index (κ3) is 1.96. The van der Waals surface area contributed by atoms with Gasteiger partial charge in [0.15, 0.2) is 0 Å². The van der Waals surface area contributed by atoms with E-state index in [0.717, 1.165) is 16.9 Å². The normalized spacial score (nSPS) is 10.3. The topological polar surface area (TPSA) is 34.9 Å². The van der Waals surface area contributed by atoms with Gasteiger partial charge in [-0.3, -0.25) is 4.79 Å². The lowest BCUT2D eigenvalue weighted by molar-refractivity contribution is 0.785. The Labute approximate surface area is 88.0 Å². The Bertz CT molecular complexity index is 526. The van der Waals surface area contributed by atoms with Gasteiger partial charge in [-0.1, -0.05) is 6.07 Å². The molecule has 0 atom stereocenters. The number of hydrogen-bond donors (Lipinski definition) is 0. The van der Waals surface area contributed by atoms with Gasteiger partial charge >= 0.3 is 0 Å². The lowest BCUT2D eigenvalue weighted by Crippen LogP contribution is -2.20. The van der Waals surface area contributed by atoms with Crippen molar-refractivity contribution in [3.05, 3.63) is 58.0 Å². The highest BCUT2D eigenvalue weighted by molar-refractivity contribution is 5.32. The van der Waals surface area contributed by atoms with E-state index in [1.807, 2.05) is 26.0 Å². The highest BCUT2D eigenvalue weighted by Crippen LogP contribution is 2.04. The van der Waals surface area contributed by atoms with Crippen LogP contribution in [0, 0.1) is 19.9 Å². The van der Waals surface area contributed by atoms with E-state index in [1.54, 1.807) is 12.1 Å². The molecular weight excluding hydrogens is 188 g/mol. The third-order valence-corrected chi connectivity index (χ3v) is 2.13. The highest BCUT2D eigenvalue weighted by atomic mass is 16.1. The van der Waals surface area contributed by atoms with Crippen molar-refractivity contribution in [3.63, 3.8) is 0 Å². The van der Waals surface area contributed by atoms with Gasteiger partial charge in [0.05, 0.1) is 11.4 Å². The van der Waals surface area contributed by atoms with Gasteiger partial charge in [-0.25, -0.2) is 0 Å². The zero-order valence-corrected chi connectivity index (χ0v) is 8.69. The summed E-state index contributed by atoms with van der Waals surface area (Å²) in [6, 6.07) is 11.8. The van der Waals surface area contributed by atoms with E-state index in [1.165, 1.54) is 10.7 Å². The fourth-order valence-electron chi connectivity index (χ4n) is 1.31. The standard InChI is InChI=1S/C12H11N2O/c1-9-3-6-11(7-4-9)14-12(15)8-5-10(2)13-14/h3,5-8H,1-2H3. The molecule has 0 amide bonds. The van der Waals surface area contributed by atoms with Crippen molar-refractivity contribution >= 4 is 0 Å². The predicted octanol–water partition coefficient (Wildman–Crippen LogP) is 1.65. The monoisotopic (exact) mass is 199 g/mol. The summed E-state index contributed by atoms with van der Waals surface area (Å²) in [5.41, 5.74) is 2.47. The molecule has 0 aliphatic rings. The maximum absolute atomic E-state index is 11.5. The molecule has 0 saturated carbocycles. The molecule has 1 radical (unpaired) electrons. The number of aryl methyl sites for hydroxylation is 2. The van der Waals surface area contributed by atoms with Gasteiger partial charge in [0.1, 0.15) is 0 Å². The van der Waals surface area contributed by atoms with Gasteiger partial charge in [-0.15, -0.1) is 0 Å². The van der Waals surface area contributed by atoms with Gasteiger partial charge in [0.2, 0.25) is 0 Å². The van der Waals surface area contributed by atoms with Crippen LogP contribution in [-0.2, 0) is 0 Å². The molecule has 0 aliphatic heterocycles. The second-order valence-electron chi connectivity index (χ2n) is 3.45. The second-order valence-corrected chi connectivity index (χ2v) is 3.45. The van der Waals surface area contributed by atoms with E-state index in [0.29, 0.717) is 0 Å². The molecule has 0 unspecified atom stereocenters. The summed E-state index contributed by atoms with van der Waals surface area (Å²) in [5.74, 6) is 0. The van der Waals surface area contributed by atoms with E-state index < -0.39 is 0 Å². The number of aromatic nitrogens is 2. The Morgan fingerprint density at radius 3 is 2.67 bits per heavy atom. The molecule has 0 spiro atoms. The van der Waals surface area contributed by atoms with Gasteiger partial charge in [-0.05, 0) is 43.7 Å². The van der Waals surface area contributed by atoms with Crippen LogP contribution in [-0.4, -0.2) is 9.78 Å². The van der Waals surface area contributed by atoms with Crippen molar-refractivity contribution in [2.24, 2.45) is 0 Å². The van der Waals surface area contributed by atoms with Gasteiger partial charge < -0.3 is 0 Å². The van der Waals surface area contributed by atoms with Crippen LogP contribution in [0.2, 0.25) is 0 Å². The molecule has 1 aromatic carbocycles. The molecule has 2 rings (SSSR count). The molecule has 0 saturated heterocycles. The second kappa shape index (κ2) is 3.69. The summed E-state index contributed by atoms with van der Waals surface area (Å²) >= 11 is 0. The molecule has 0 N–H and O–H groups in total. The number of benzene rings is 1. The molecule has 15 heavy (non-hydrogen) atoms. The number of rotatable bonds is 1. The van der Waals surface area contributed by atoms with Gasteiger partial charge in [0, 0.05) is 6.07 Å². The molecule has 3 heteroatoms. The van der Waals surface area contributed by atoms with Crippen LogP contribution in [0.25, 0.3) is 5.69 Å². The average molecular weight is 199 g/mol. The van der Waals surface area contributed by atoms with Crippen LogP contribution in [0.15, 0.2) is 35.1 Å². The highest BCUT2D eigenvalue weighted by Gasteiger charge is 2.00. The van der Waals surface area contributed by atoms with E-state index in [-0.39, 0.29) is 5.56 Å². The SMILES string of the molecule is Cc1[c]cc(-n2nc(C)ccc2=O)cc1. The van der Waals surface area contributed by atoms with Crippen molar-refractivity contribution < 1.29 is 0 Å². The van der Waals surface area contributed by atoms with Gasteiger partial charge in [0.25, 0.3) is 5.56 Å². The first-order valence-electron chi connectivity index (χ1n) is 4.72. The number of nitrogens with zero attached hydrogens (tertiary/aromatic N) is 2. The third-order valence-electron chi connectivity index (χ3n) is 2.13. The summed E-state index contributed by atoms with van der Waals surface area (Å²) in [7, 11) is 0. The Morgan fingerprint density at radius 2 is 2.00 bits per heavy atom. The van der Waals surface area contributed by atoms with Crippen LogP contribution in [0.1, 0.15) is 11.3 Å². The predicted molar refractivity (Wildman–Crippen MR) is 58.1 cm³/mol. The summed E-state index contributed by atoms with van der Waals surface area (Å²) in [4.78, 5) is 11.5. The Kier molecular flexibility index (Phi) is 2.37. The first-order valence-corrected chi connectivity index (χ1v) is 4.72. The van der Waals surface area contributed by atoms with Crippen LogP contribution in [0.3, 0.4) is 0 Å². The summed E-state index contributed by atoms with van der Waals surface area (Å²) < 4.78 is 1.38. The molecule has 75 valence electrons. The molecular formula is C12H11N2O. The Balaban J connectivity index is 2.58. The quantitative estimate of drug-likeness (QED) is 0.700. The Morgan fingerprint density at radius 1 is 1.20 bits per heavy atom. The maximum atomic E-state index is 11.5. The Hall–Kier alpha value is -1.90. The van der Waals surface area contributed by atoms with E-state index in [4.69, 9.17) is 0 Å². The van der Waals surface area contributed by atoms with E-state index >= 15 is 0 Å². The fraction of sp³-hybridized carbons (Fsp3) is 0.167. The van der Waals surface area contributed by atoms with Crippen molar-refractivity contribution in [1.29, 1.82) is 0 Å². The molecule has 0 fully saturated rings. The molecule has 0 aliphatic carbocycles. The van der Waals surface area contributed by atoms with Crippen LogP contribution in [0.4, 0.5) is 0 Å². The summed E-state index contributed by atoms with van der Waals surface area (Å²) in [6.45, 7) is 3.81. The van der Waals surface area contributed by atoms with Crippen molar-refractivity contribution in [1.82, 2.24) is 9.78 Å². The molecule has 2 aromatic rings. The fourth-order valence-corrected chi connectivity index (χ4v) is 1.31. The molecule has 3 nitrogen and oxygen atoms in total. The first kappa shape index (κ1) is 9.65. The van der Waals surface area contributed by atoms with Crippen molar-refractivity contribution in [3.8, 4) is 5.69 Å². The minimum atomic E-state index is -0.127.